The summed E-state index contributed by atoms with van der Waals surface area (Å²) in [6.07, 6.45) is 5.14. The second kappa shape index (κ2) is 6.57. The van der Waals surface area contributed by atoms with Crippen LogP contribution in [0, 0.1) is 5.92 Å². The predicted molar refractivity (Wildman–Crippen MR) is 69.8 cm³/mol. The molecule has 1 aromatic carbocycles. The molecule has 1 rings (SSSR count). The molecule has 0 radical (unpaired) electrons. The molecule has 1 aromatic rings. The molecule has 0 saturated carbocycles. The smallest absolute Gasteiger partial charge is 0.115 e. The highest BCUT2D eigenvalue weighted by atomic mass is 16.3. The van der Waals surface area contributed by atoms with E-state index in [2.05, 4.69) is 26.8 Å². The molecule has 0 aliphatic rings. The maximum absolute atomic E-state index is 9.44. The van der Waals surface area contributed by atoms with Crippen LogP contribution in [0.3, 0.4) is 0 Å². The Bertz CT molecular complexity index is 306. The van der Waals surface area contributed by atoms with Gasteiger partial charge in [0.05, 0.1) is 0 Å². The Morgan fingerprint density at radius 2 is 2.00 bits per heavy atom. The second-order valence-corrected chi connectivity index (χ2v) is 4.98. The number of hydrogen-bond donors (Lipinski definition) is 1. The first-order valence-corrected chi connectivity index (χ1v) is 6.42. The first kappa shape index (κ1) is 13.1. The van der Waals surface area contributed by atoms with Crippen LogP contribution in [0.25, 0.3) is 0 Å². The zero-order valence-corrected chi connectivity index (χ0v) is 10.7. The Balaban J connectivity index is 2.48. The Labute approximate surface area is 99.5 Å². The molecular weight excluding hydrogens is 196 g/mol. The lowest BCUT2D eigenvalue weighted by Crippen LogP contribution is -2.02. The van der Waals surface area contributed by atoms with Gasteiger partial charge in [0, 0.05) is 0 Å². The maximum atomic E-state index is 9.44. The van der Waals surface area contributed by atoms with Crippen LogP contribution < -0.4 is 0 Å². The lowest BCUT2D eigenvalue weighted by Gasteiger charge is -2.17. The largest absolute Gasteiger partial charge is 0.508 e. The molecule has 0 aliphatic carbocycles. The lowest BCUT2D eigenvalue weighted by molar-refractivity contribution is 0.435. The molecule has 0 saturated heterocycles. The topological polar surface area (TPSA) is 20.2 Å². The minimum absolute atomic E-state index is 0.380. The zero-order valence-electron chi connectivity index (χ0n) is 10.7. The summed E-state index contributed by atoms with van der Waals surface area (Å²) in [6, 6.07) is 7.66. The van der Waals surface area contributed by atoms with E-state index in [-0.39, 0.29) is 0 Å². The predicted octanol–water partition coefficient (Wildman–Crippen LogP) is 4.71. The Hall–Kier alpha value is -0.980. The number of unbranched alkanes of at least 4 members (excludes halogenated alkanes) is 1. The van der Waals surface area contributed by atoms with Gasteiger partial charge < -0.3 is 5.11 Å². The Morgan fingerprint density at radius 3 is 2.62 bits per heavy atom. The summed E-state index contributed by atoms with van der Waals surface area (Å²) in [5.41, 5.74) is 1.25. The van der Waals surface area contributed by atoms with Crippen molar-refractivity contribution < 1.29 is 5.11 Å². The minimum atomic E-state index is 0.380. The molecule has 90 valence electrons. The first-order valence-electron chi connectivity index (χ1n) is 6.42. The van der Waals surface area contributed by atoms with Crippen molar-refractivity contribution in [2.24, 2.45) is 5.92 Å². The number of phenolic OH excluding ortho intramolecular Hbond substituents is 1. The standard InChI is InChI=1S/C15H24O/c1-4-5-7-12(2)10-13(3)14-8-6-9-15(16)11-14/h6,8-9,11-13,16H,4-5,7,10H2,1-3H3/t12-,13-/m0/s1. The molecule has 1 heteroatoms. The summed E-state index contributed by atoms with van der Waals surface area (Å²) in [7, 11) is 0. The summed E-state index contributed by atoms with van der Waals surface area (Å²) in [5.74, 6) is 1.70. The van der Waals surface area contributed by atoms with E-state index in [1.54, 1.807) is 6.07 Å². The van der Waals surface area contributed by atoms with Gasteiger partial charge in [0.25, 0.3) is 0 Å². The van der Waals surface area contributed by atoms with E-state index in [4.69, 9.17) is 0 Å². The number of hydrogen-bond acceptors (Lipinski definition) is 1. The molecule has 0 aliphatic heterocycles. The second-order valence-electron chi connectivity index (χ2n) is 4.98. The van der Waals surface area contributed by atoms with E-state index >= 15 is 0 Å². The van der Waals surface area contributed by atoms with Crippen molar-refractivity contribution >= 4 is 0 Å². The molecule has 0 amide bonds. The van der Waals surface area contributed by atoms with E-state index in [1.807, 2.05) is 12.1 Å². The molecule has 0 fully saturated rings. The van der Waals surface area contributed by atoms with Gasteiger partial charge in [-0.05, 0) is 36.0 Å². The van der Waals surface area contributed by atoms with Crippen molar-refractivity contribution in [2.75, 3.05) is 0 Å². The van der Waals surface area contributed by atoms with Gasteiger partial charge in [0.15, 0.2) is 0 Å². The number of aromatic hydroxyl groups is 1. The third-order valence-corrected chi connectivity index (χ3v) is 3.25. The Morgan fingerprint density at radius 1 is 1.25 bits per heavy atom. The monoisotopic (exact) mass is 220 g/mol. The molecule has 0 heterocycles. The van der Waals surface area contributed by atoms with E-state index < -0.39 is 0 Å². The minimum Gasteiger partial charge on any atom is -0.508 e. The normalized spacial score (nSPS) is 14.7. The molecule has 0 spiro atoms. The summed E-state index contributed by atoms with van der Waals surface area (Å²) >= 11 is 0. The van der Waals surface area contributed by atoms with Crippen molar-refractivity contribution in [3.8, 4) is 5.75 Å². The van der Waals surface area contributed by atoms with Gasteiger partial charge in [-0.15, -0.1) is 0 Å². The average Bonchev–Trinajstić information content (AvgIpc) is 2.26. The SMILES string of the molecule is CCCC[C@H](C)C[C@H](C)c1cccc(O)c1. The van der Waals surface area contributed by atoms with Gasteiger partial charge >= 0.3 is 0 Å². The highest BCUT2D eigenvalue weighted by Crippen LogP contribution is 2.27. The van der Waals surface area contributed by atoms with Crippen molar-refractivity contribution in [1.29, 1.82) is 0 Å². The molecule has 0 bridgehead atoms. The fourth-order valence-electron chi connectivity index (χ4n) is 2.24. The van der Waals surface area contributed by atoms with Crippen LogP contribution in [0.4, 0.5) is 0 Å². The van der Waals surface area contributed by atoms with Crippen molar-refractivity contribution in [2.45, 2.75) is 52.4 Å². The summed E-state index contributed by atoms with van der Waals surface area (Å²) in [4.78, 5) is 0. The maximum Gasteiger partial charge on any atom is 0.115 e. The van der Waals surface area contributed by atoms with E-state index in [0.717, 1.165) is 5.92 Å². The van der Waals surface area contributed by atoms with Crippen LogP contribution in [0.2, 0.25) is 0 Å². The number of rotatable bonds is 6. The van der Waals surface area contributed by atoms with Crippen LogP contribution in [0.1, 0.15) is 57.9 Å². The third-order valence-electron chi connectivity index (χ3n) is 3.25. The molecule has 0 unspecified atom stereocenters. The molecule has 16 heavy (non-hydrogen) atoms. The summed E-state index contributed by atoms with van der Waals surface area (Å²) in [5, 5.41) is 9.44. The third kappa shape index (κ3) is 4.26. The van der Waals surface area contributed by atoms with Crippen molar-refractivity contribution in [1.82, 2.24) is 0 Å². The molecule has 2 atom stereocenters. The number of phenols is 1. The average molecular weight is 220 g/mol. The van der Waals surface area contributed by atoms with E-state index in [0.29, 0.717) is 11.7 Å². The highest BCUT2D eigenvalue weighted by molar-refractivity contribution is 5.29. The van der Waals surface area contributed by atoms with Gasteiger partial charge in [-0.1, -0.05) is 52.2 Å². The Kier molecular flexibility index (Phi) is 5.37. The lowest BCUT2D eigenvalue weighted by atomic mass is 9.88. The number of benzene rings is 1. The quantitative estimate of drug-likeness (QED) is 0.736. The van der Waals surface area contributed by atoms with Crippen LogP contribution >= 0.6 is 0 Å². The van der Waals surface area contributed by atoms with E-state index in [9.17, 15) is 5.11 Å². The van der Waals surface area contributed by atoms with Crippen LogP contribution in [-0.2, 0) is 0 Å². The molecular formula is C15H24O. The van der Waals surface area contributed by atoms with Crippen molar-refractivity contribution in [3.05, 3.63) is 29.8 Å². The molecule has 1 nitrogen and oxygen atoms in total. The molecule has 0 aromatic heterocycles. The van der Waals surface area contributed by atoms with Gasteiger partial charge in [-0.2, -0.15) is 0 Å². The fraction of sp³-hybridized carbons (Fsp3) is 0.600. The van der Waals surface area contributed by atoms with Gasteiger partial charge in [-0.25, -0.2) is 0 Å². The van der Waals surface area contributed by atoms with E-state index in [1.165, 1.54) is 31.2 Å². The zero-order chi connectivity index (χ0) is 12.0. The van der Waals surface area contributed by atoms with Crippen LogP contribution in [-0.4, -0.2) is 5.11 Å². The van der Waals surface area contributed by atoms with Gasteiger partial charge in [0.2, 0.25) is 0 Å². The first-order chi connectivity index (χ1) is 7.63. The van der Waals surface area contributed by atoms with Crippen LogP contribution in [0.15, 0.2) is 24.3 Å². The fourth-order valence-corrected chi connectivity index (χ4v) is 2.24. The highest BCUT2D eigenvalue weighted by Gasteiger charge is 2.10. The van der Waals surface area contributed by atoms with Gasteiger partial charge in [0.1, 0.15) is 5.75 Å². The van der Waals surface area contributed by atoms with Crippen LogP contribution in [0.5, 0.6) is 5.75 Å². The summed E-state index contributed by atoms with van der Waals surface area (Å²) < 4.78 is 0. The summed E-state index contributed by atoms with van der Waals surface area (Å²) in [6.45, 7) is 6.82. The van der Waals surface area contributed by atoms with Gasteiger partial charge in [-0.3, -0.25) is 0 Å². The van der Waals surface area contributed by atoms with Crippen molar-refractivity contribution in [3.63, 3.8) is 0 Å². The molecule has 1 N–H and O–H groups in total.